The number of thiol groups is 1. The second-order valence-corrected chi connectivity index (χ2v) is 4.58. The fraction of sp³-hybridized carbons (Fsp3) is 0.273. The monoisotopic (exact) mass is 224 g/mol. The third-order valence-electron chi connectivity index (χ3n) is 2.41. The van der Waals surface area contributed by atoms with Gasteiger partial charge in [-0.2, -0.15) is 0 Å². The number of rotatable bonds is 2. The summed E-state index contributed by atoms with van der Waals surface area (Å²) < 4.78 is 1.27. The fourth-order valence-electron chi connectivity index (χ4n) is 1.64. The predicted octanol–water partition coefficient (Wildman–Crippen LogP) is 3.24. The van der Waals surface area contributed by atoms with E-state index in [1.165, 1.54) is 10.3 Å². The van der Waals surface area contributed by atoms with Gasteiger partial charge in [-0.3, -0.25) is 0 Å². The van der Waals surface area contributed by atoms with E-state index in [9.17, 15) is 5.11 Å². The van der Waals surface area contributed by atoms with Gasteiger partial charge in [0.05, 0.1) is 6.61 Å². The first-order valence-corrected chi connectivity index (χ1v) is 5.92. The molecule has 1 heterocycles. The standard InChI is InChI=1S/C11H12OS2/c1-2-7-3-4-9(13)10-8(5-12)6-14-11(7)10/h3-4,6,12-13H,2,5H2,1H3. The minimum atomic E-state index is 0.0979. The quantitative estimate of drug-likeness (QED) is 0.750. The second-order valence-electron chi connectivity index (χ2n) is 3.22. The van der Waals surface area contributed by atoms with Crippen LogP contribution in [0.25, 0.3) is 10.1 Å². The molecule has 0 atom stereocenters. The Hall–Kier alpha value is -0.510. The summed E-state index contributed by atoms with van der Waals surface area (Å²) in [4.78, 5) is 0.961. The highest BCUT2D eigenvalue weighted by Crippen LogP contribution is 2.34. The van der Waals surface area contributed by atoms with Crippen LogP contribution in [0.1, 0.15) is 18.1 Å². The zero-order valence-electron chi connectivity index (χ0n) is 7.95. The molecule has 0 saturated heterocycles. The maximum atomic E-state index is 9.19. The molecular formula is C11H12OS2. The van der Waals surface area contributed by atoms with Gasteiger partial charge in [-0.05, 0) is 29.0 Å². The molecular weight excluding hydrogens is 212 g/mol. The van der Waals surface area contributed by atoms with Crippen molar-refractivity contribution in [1.82, 2.24) is 0 Å². The summed E-state index contributed by atoms with van der Waals surface area (Å²) in [5, 5.41) is 12.3. The molecule has 0 radical (unpaired) electrons. The van der Waals surface area contributed by atoms with Crippen LogP contribution in [-0.4, -0.2) is 5.11 Å². The lowest BCUT2D eigenvalue weighted by molar-refractivity contribution is 0.283. The second kappa shape index (κ2) is 3.93. The Balaban J connectivity index is 2.80. The lowest BCUT2D eigenvalue weighted by Gasteiger charge is -2.03. The van der Waals surface area contributed by atoms with Gasteiger partial charge >= 0.3 is 0 Å². The average molecular weight is 224 g/mol. The van der Waals surface area contributed by atoms with E-state index in [0.29, 0.717) is 0 Å². The lowest BCUT2D eigenvalue weighted by Crippen LogP contribution is -1.84. The molecule has 14 heavy (non-hydrogen) atoms. The fourth-order valence-corrected chi connectivity index (χ4v) is 3.22. The molecule has 0 aliphatic carbocycles. The molecule has 1 N–H and O–H groups in total. The van der Waals surface area contributed by atoms with E-state index >= 15 is 0 Å². The molecule has 0 aliphatic rings. The maximum absolute atomic E-state index is 9.19. The van der Waals surface area contributed by atoms with Crippen molar-refractivity contribution in [1.29, 1.82) is 0 Å². The highest BCUT2D eigenvalue weighted by atomic mass is 32.1. The highest BCUT2D eigenvalue weighted by molar-refractivity contribution is 7.80. The number of aliphatic hydroxyl groups excluding tert-OH is 1. The van der Waals surface area contributed by atoms with E-state index in [0.717, 1.165) is 22.3 Å². The Morgan fingerprint density at radius 2 is 2.14 bits per heavy atom. The summed E-state index contributed by atoms with van der Waals surface area (Å²) in [6, 6.07) is 4.12. The van der Waals surface area contributed by atoms with Crippen molar-refractivity contribution in [2.24, 2.45) is 0 Å². The minimum absolute atomic E-state index is 0.0979. The third-order valence-corrected chi connectivity index (χ3v) is 3.89. The first-order valence-electron chi connectivity index (χ1n) is 4.59. The van der Waals surface area contributed by atoms with E-state index in [4.69, 9.17) is 0 Å². The van der Waals surface area contributed by atoms with Gasteiger partial charge in [-0.25, -0.2) is 0 Å². The summed E-state index contributed by atoms with van der Waals surface area (Å²) in [6.45, 7) is 2.24. The molecule has 0 aliphatic heterocycles. The summed E-state index contributed by atoms with van der Waals surface area (Å²) in [5.41, 5.74) is 2.33. The molecule has 0 unspecified atom stereocenters. The van der Waals surface area contributed by atoms with Crippen molar-refractivity contribution >= 4 is 34.1 Å². The van der Waals surface area contributed by atoms with Crippen molar-refractivity contribution in [3.05, 3.63) is 28.6 Å². The Bertz CT molecular complexity index is 460. The number of aryl methyl sites for hydroxylation is 1. The predicted molar refractivity (Wildman–Crippen MR) is 64.4 cm³/mol. The smallest absolute Gasteiger partial charge is 0.0696 e. The Morgan fingerprint density at radius 1 is 1.36 bits per heavy atom. The minimum Gasteiger partial charge on any atom is -0.392 e. The van der Waals surface area contributed by atoms with Crippen LogP contribution >= 0.6 is 24.0 Å². The Morgan fingerprint density at radius 3 is 2.79 bits per heavy atom. The van der Waals surface area contributed by atoms with Gasteiger partial charge in [-0.15, -0.1) is 24.0 Å². The van der Waals surface area contributed by atoms with Crippen molar-refractivity contribution < 1.29 is 5.11 Å². The molecule has 3 heteroatoms. The number of aliphatic hydroxyl groups is 1. The normalized spacial score (nSPS) is 11.1. The van der Waals surface area contributed by atoms with Crippen LogP contribution in [0.15, 0.2) is 22.4 Å². The van der Waals surface area contributed by atoms with Crippen LogP contribution in [0.3, 0.4) is 0 Å². The number of hydrogen-bond acceptors (Lipinski definition) is 3. The van der Waals surface area contributed by atoms with Crippen LogP contribution in [0.4, 0.5) is 0 Å². The van der Waals surface area contributed by atoms with Crippen molar-refractivity contribution in [2.45, 2.75) is 24.8 Å². The first kappa shape index (κ1) is 10.0. The summed E-state index contributed by atoms with van der Waals surface area (Å²) in [6.07, 6.45) is 1.02. The number of thiophene rings is 1. The van der Waals surface area contributed by atoms with E-state index < -0.39 is 0 Å². The van der Waals surface area contributed by atoms with Gasteiger partial charge < -0.3 is 5.11 Å². The van der Waals surface area contributed by atoms with E-state index in [1.54, 1.807) is 11.3 Å². The topological polar surface area (TPSA) is 20.2 Å². The van der Waals surface area contributed by atoms with E-state index in [1.807, 2.05) is 11.4 Å². The van der Waals surface area contributed by atoms with Gasteiger partial charge in [0.15, 0.2) is 0 Å². The molecule has 2 aromatic rings. The van der Waals surface area contributed by atoms with Crippen LogP contribution in [-0.2, 0) is 13.0 Å². The number of benzene rings is 1. The van der Waals surface area contributed by atoms with Gasteiger partial charge in [-0.1, -0.05) is 13.0 Å². The van der Waals surface area contributed by atoms with E-state index in [-0.39, 0.29) is 6.61 Å². The first-order chi connectivity index (χ1) is 6.77. The molecule has 1 aromatic carbocycles. The van der Waals surface area contributed by atoms with Crippen LogP contribution in [0.5, 0.6) is 0 Å². The van der Waals surface area contributed by atoms with Crippen LogP contribution in [0, 0.1) is 0 Å². The summed E-state index contributed by atoms with van der Waals surface area (Å²) >= 11 is 6.12. The molecule has 0 bridgehead atoms. The van der Waals surface area contributed by atoms with Crippen LogP contribution in [0.2, 0.25) is 0 Å². The lowest BCUT2D eigenvalue weighted by atomic mass is 10.1. The van der Waals surface area contributed by atoms with Crippen molar-refractivity contribution in [2.75, 3.05) is 0 Å². The third kappa shape index (κ3) is 1.45. The van der Waals surface area contributed by atoms with Gasteiger partial charge in [0.25, 0.3) is 0 Å². The molecule has 0 fully saturated rings. The molecule has 0 amide bonds. The zero-order valence-corrected chi connectivity index (χ0v) is 9.66. The van der Waals surface area contributed by atoms with Gasteiger partial charge in [0.1, 0.15) is 0 Å². The molecule has 2 rings (SSSR count). The Kier molecular flexibility index (Phi) is 2.81. The summed E-state index contributed by atoms with van der Waals surface area (Å²) in [7, 11) is 0. The number of hydrogen-bond donors (Lipinski definition) is 2. The Labute approximate surface area is 92.8 Å². The van der Waals surface area contributed by atoms with E-state index in [2.05, 4.69) is 25.6 Å². The largest absolute Gasteiger partial charge is 0.392 e. The van der Waals surface area contributed by atoms with Crippen molar-refractivity contribution in [3.63, 3.8) is 0 Å². The van der Waals surface area contributed by atoms with Crippen molar-refractivity contribution in [3.8, 4) is 0 Å². The van der Waals surface area contributed by atoms with Gasteiger partial charge in [0.2, 0.25) is 0 Å². The molecule has 74 valence electrons. The molecule has 0 saturated carbocycles. The SMILES string of the molecule is CCc1ccc(S)c2c(CO)csc12. The highest BCUT2D eigenvalue weighted by Gasteiger charge is 2.09. The summed E-state index contributed by atoms with van der Waals surface area (Å²) in [5.74, 6) is 0. The van der Waals surface area contributed by atoms with Gasteiger partial charge in [0, 0.05) is 15.0 Å². The molecule has 1 aromatic heterocycles. The maximum Gasteiger partial charge on any atom is 0.0696 e. The number of fused-ring (bicyclic) bond motifs is 1. The average Bonchev–Trinajstić information content (AvgIpc) is 2.63. The zero-order chi connectivity index (χ0) is 10.1. The molecule has 0 spiro atoms. The van der Waals surface area contributed by atoms with Crippen LogP contribution < -0.4 is 0 Å². The molecule has 1 nitrogen and oxygen atoms in total.